The van der Waals surface area contributed by atoms with Gasteiger partial charge in [-0.2, -0.15) is 4.98 Å². The molecule has 20 heavy (non-hydrogen) atoms. The van der Waals surface area contributed by atoms with Gasteiger partial charge < -0.3 is 5.32 Å². The molecule has 0 aliphatic carbocycles. The number of anilines is 2. The number of aromatic nitrogens is 2. The Morgan fingerprint density at radius 1 is 1.30 bits per heavy atom. The van der Waals surface area contributed by atoms with E-state index in [-0.39, 0.29) is 16.8 Å². The van der Waals surface area contributed by atoms with Crippen molar-refractivity contribution in [3.05, 3.63) is 51.7 Å². The molecule has 0 bridgehead atoms. The first-order valence-electron chi connectivity index (χ1n) is 5.76. The Balaban J connectivity index is 0.000000956. The number of benzene rings is 1. The van der Waals surface area contributed by atoms with Crippen molar-refractivity contribution in [1.29, 1.82) is 0 Å². The van der Waals surface area contributed by atoms with E-state index in [4.69, 9.17) is 11.6 Å². The van der Waals surface area contributed by atoms with Crippen molar-refractivity contribution >= 4 is 28.8 Å². The second kappa shape index (κ2) is 7.34. The molecule has 0 unspecified atom stereocenters. The number of hydrogen-bond acceptors (Lipinski definition) is 5. The largest absolute Gasteiger partial charge is 0.334 e. The van der Waals surface area contributed by atoms with Gasteiger partial charge in [-0.05, 0) is 35.9 Å². The maximum Gasteiger partial charge on any atom is 0.329 e. The van der Waals surface area contributed by atoms with Crippen LogP contribution in [0.3, 0.4) is 0 Å². The van der Waals surface area contributed by atoms with Crippen molar-refractivity contribution in [3.8, 4) is 0 Å². The molecule has 2 rings (SSSR count). The first kappa shape index (κ1) is 15.8. The molecule has 0 saturated carbocycles. The minimum atomic E-state index is -0.637. The summed E-state index contributed by atoms with van der Waals surface area (Å²) in [5, 5.41) is 13.3. The van der Waals surface area contributed by atoms with Crippen LogP contribution >= 0.6 is 11.6 Å². The zero-order valence-electron chi connectivity index (χ0n) is 10.8. The van der Waals surface area contributed by atoms with Gasteiger partial charge in [-0.25, -0.2) is 9.37 Å². The first-order valence-corrected chi connectivity index (χ1v) is 6.13. The Morgan fingerprint density at radius 3 is 2.45 bits per heavy atom. The van der Waals surface area contributed by atoms with Crippen LogP contribution in [0.4, 0.5) is 21.6 Å². The molecule has 0 fully saturated rings. The molecule has 8 heteroatoms. The van der Waals surface area contributed by atoms with E-state index in [1.54, 1.807) is 0 Å². The second-order valence-corrected chi connectivity index (χ2v) is 3.60. The average Bonchev–Trinajstić information content (AvgIpc) is 2.43. The van der Waals surface area contributed by atoms with Gasteiger partial charge in [-0.1, -0.05) is 13.8 Å². The van der Waals surface area contributed by atoms with Crippen molar-refractivity contribution in [1.82, 2.24) is 9.97 Å². The quantitative estimate of drug-likeness (QED) is 0.527. The highest BCUT2D eigenvalue weighted by molar-refractivity contribution is 6.28. The van der Waals surface area contributed by atoms with Crippen molar-refractivity contribution in [2.45, 2.75) is 13.8 Å². The van der Waals surface area contributed by atoms with E-state index < -0.39 is 10.7 Å². The summed E-state index contributed by atoms with van der Waals surface area (Å²) in [7, 11) is 0. The minimum Gasteiger partial charge on any atom is -0.334 e. The molecule has 0 spiro atoms. The number of halogens is 2. The highest BCUT2D eigenvalue weighted by atomic mass is 35.5. The SMILES string of the molecule is CC.O=[N+]([O-])c1cnc(Cl)nc1Nc1ccc(F)cc1. The third kappa shape index (κ3) is 4.13. The number of hydrogen-bond donors (Lipinski definition) is 1. The third-order valence-electron chi connectivity index (χ3n) is 2.04. The molecule has 106 valence electrons. The Morgan fingerprint density at radius 2 is 1.90 bits per heavy atom. The van der Waals surface area contributed by atoms with Crippen LogP contribution in [0, 0.1) is 15.9 Å². The Bertz CT molecular complexity index is 593. The summed E-state index contributed by atoms with van der Waals surface area (Å²) in [5.74, 6) is -0.456. The lowest BCUT2D eigenvalue weighted by Gasteiger charge is -2.05. The smallest absolute Gasteiger partial charge is 0.329 e. The molecule has 1 aromatic carbocycles. The number of nitrogens with zero attached hydrogens (tertiary/aromatic N) is 3. The van der Waals surface area contributed by atoms with Crippen molar-refractivity contribution < 1.29 is 9.31 Å². The lowest BCUT2D eigenvalue weighted by molar-refractivity contribution is -0.384. The van der Waals surface area contributed by atoms with Crippen LogP contribution in [0.1, 0.15) is 13.8 Å². The van der Waals surface area contributed by atoms with Gasteiger partial charge in [0.25, 0.3) is 0 Å². The molecular weight excluding hydrogens is 287 g/mol. The van der Waals surface area contributed by atoms with Gasteiger partial charge in [0, 0.05) is 5.69 Å². The molecule has 0 saturated heterocycles. The van der Waals surface area contributed by atoms with Crippen molar-refractivity contribution in [2.24, 2.45) is 0 Å². The fraction of sp³-hybridized carbons (Fsp3) is 0.167. The molecule has 0 radical (unpaired) electrons. The van der Waals surface area contributed by atoms with E-state index in [0.717, 1.165) is 6.20 Å². The van der Waals surface area contributed by atoms with E-state index in [2.05, 4.69) is 15.3 Å². The molecule has 1 N–H and O–H groups in total. The fourth-order valence-corrected chi connectivity index (χ4v) is 1.38. The molecule has 0 aliphatic heterocycles. The lowest BCUT2D eigenvalue weighted by Crippen LogP contribution is -2.01. The maximum absolute atomic E-state index is 12.7. The monoisotopic (exact) mass is 298 g/mol. The van der Waals surface area contributed by atoms with E-state index in [1.807, 2.05) is 13.8 Å². The van der Waals surface area contributed by atoms with Crippen LogP contribution in [0.25, 0.3) is 0 Å². The molecule has 0 aliphatic rings. The summed E-state index contributed by atoms with van der Waals surface area (Å²) < 4.78 is 12.7. The van der Waals surface area contributed by atoms with Crippen LogP contribution in [0.2, 0.25) is 5.28 Å². The topological polar surface area (TPSA) is 81.0 Å². The van der Waals surface area contributed by atoms with Gasteiger partial charge in [0.2, 0.25) is 11.1 Å². The van der Waals surface area contributed by atoms with Gasteiger partial charge >= 0.3 is 5.69 Å². The van der Waals surface area contributed by atoms with Crippen molar-refractivity contribution in [2.75, 3.05) is 5.32 Å². The summed E-state index contributed by atoms with van der Waals surface area (Å²) in [4.78, 5) is 17.4. The highest BCUT2D eigenvalue weighted by Crippen LogP contribution is 2.25. The van der Waals surface area contributed by atoms with Crippen LogP contribution < -0.4 is 5.32 Å². The maximum atomic E-state index is 12.7. The van der Waals surface area contributed by atoms with E-state index in [0.29, 0.717) is 5.69 Å². The molecule has 1 aromatic heterocycles. The standard InChI is InChI=1S/C10H6ClFN4O2.C2H6/c11-10-13-5-8(16(17)18)9(15-10)14-7-3-1-6(12)2-4-7;1-2/h1-5H,(H,13,14,15);1-2H3. The number of nitrogens with one attached hydrogen (secondary N) is 1. The van der Waals surface area contributed by atoms with Crippen LogP contribution in [0.5, 0.6) is 0 Å². The van der Waals surface area contributed by atoms with E-state index >= 15 is 0 Å². The summed E-state index contributed by atoms with van der Waals surface area (Å²) in [6.45, 7) is 4.00. The van der Waals surface area contributed by atoms with Gasteiger partial charge in [0.15, 0.2) is 0 Å². The fourth-order valence-electron chi connectivity index (χ4n) is 1.25. The lowest BCUT2D eigenvalue weighted by atomic mass is 10.3. The molecule has 6 nitrogen and oxygen atoms in total. The van der Waals surface area contributed by atoms with Gasteiger partial charge in [0.05, 0.1) is 4.92 Å². The van der Waals surface area contributed by atoms with Crippen LogP contribution in [-0.2, 0) is 0 Å². The van der Waals surface area contributed by atoms with Gasteiger partial charge in [-0.3, -0.25) is 10.1 Å². The third-order valence-corrected chi connectivity index (χ3v) is 2.23. The summed E-state index contributed by atoms with van der Waals surface area (Å²) in [6.07, 6.45) is 1.00. The first-order chi connectivity index (χ1) is 9.56. The summed E-state index contributed by atoms with van der Waals surface area (Å²) in [6, 6.07) is 5.29. The normalized spacial score (nSPS) is 9.40. The zero-order valence-corrected chi connectivity index (χ0v) is 11.6. The predicted molar refractivity (Wildman–Crippen MR) is 74.7 cm³/mol. The number of nitro groups is 1. The second-order valence-electron chi connectivity index (χ2n) is 3.26. The molecule has 2 aromatic rings. The number of rotatable bonds is 3. The van der Waals surface area contributed by atoms with Gasteiger partial charge in [-0.15, -0.1) is 0 Å². The van der Waals surface area contributed by atoms with Crippen molar-refractivity contribution in [3.63, 3.8) is 0 Å². The Kier molecular flexibility index (Phi) is 5.79. The van der Waals surface area contributed by atoms with E-state index in [1.165, 1.54) is 24.3 Å². The zero-order chi connectivity index (χ0) is 15.1. The molecule has 0 atom stereocenters. The molecular formula is C12H12ClFN4O2. The summed E-state index contributed by atoms with van der Waals surface area (Å²) in [5.41, 5.74) is 0.137. The van der Waals surface area contributed by atoms with Crippen LogP contribution in [0.15, 0.2) is 30.5 Å². The van der Waals surface area contributed by atoms with Gasteiger partial charge in [0.1, 0.15) is 12.0 Å². The Hall–Kier alpha value is -2.28. The minimum absolute atomic E-state index is 0.0494. The summed E-state index contributed by atoms with van der Waals surface area (Å²) >= 11 is 5.57. The van der Waals surface area contributed by atoms with E-state index in [9.17, 15) is 14.5 Å². The van der Waals surface area contributed by atoms with Crippen LogP contribution in [-0.4, -0.2) is 14.9 Å². The Labute approximate surface area is 119 Å². The molecule has 1 heterocycles. The predicted octanol–water partition coefficient (Wildman–Crippen LogP) is 3.95. The average molecular weight is 299 g/mol. The molecule has 0 amide bonds. The highest BCUT2D eigenvalue weighted by Gasteiger charge is 2.16.